The average molecular weight is 639 g/mol. The van der Waals surface area contributed by atoms with Gasteiger partial charge in [0.05, 0.1) is 29.8 Å². The standard InChI is InChI=1S/C37H46N6O4/c1-35(2,3)46-33(44)42-20-8-10-30(42)31-38-22-28(40-31)26-15-11-24(12-16-26)25-13-17-27(18-14-25)29-23-39-32(41-29)37(7)19-9-21-43(37)34(45)47-36(4,5)6/h11-18,22-23,30H,8-10,19-21H2,1-7H3,(H,38,40)(H,39,41)/t30?,37-/m0/s1. The molecule has 2 aliphatic rings. The number of carbonyl (C=O) groups is 2. The first kappa shape index (κ1) is 32.3. The van der Waals surface area contributed by atoms with Crippen LogP contribution in [-0.2, 0) is 15.0 Å². The smallest absolute Gasteiger partial charge is 0.411 e. The zero-order valence-electron chi connectivity index (χ0n) is 28.5. The molecule has 2 N–H and O–H groups in total. The van der Waals surface area contributed by atoms with E-state index in [9.17, 15) is 9.59 Å². The molecular formula is C37H46N6O4. The quantitative estimate of drug-likeness (QED) is 0.227. The van der Waals surface area contributed by atoms with Gasteiger partial charge in [0.25, 0.3) is 0 Å². The van der Waals surface area contributed by atoms with E-state index in [1.807, 2.05) is 53.9 Å². The maximum Gasteiger partial charge on any atom is 0.411 e. The molecule has 0 saturated carbocycles. The van der Waals surface area contributed by atoms with Crippen LogP contribution in [0.25, 0.3) is 33.6 Å². The Morgan fingerprint density at radius 3 is 1.87 bits per heavy atom. The number of carbonyl (C=O) groups excluding carboxylic acids is 2. The van der Waals surface area contributed by atoms with Crippen LogP contribution in [0.3, 0.4) is 0 Å². The molecule has 1 unspecified atom stereocenters. The number of hydrogen-bond donors (Lipinski definition) is 2. The zero-order chi connectivity index (χ0) is 33.6. The molecular weight excluding hydrogens is 592 g/mol. The summed E-state index contributed by atoms with van der Waals surface area (Å²) in [5.74, 6) is 1.55. The van der Waals surface area contributed by atoms with Crippen molar-refractivity contribution in [1.82, 2.24) is 29.7 Å². The summed E-state index contributed by atoms with van der Waals surface area (Å²) in [4.78, 5) is 45.6. The van der Waals surface area contributed by atoms with Crippen LogP contribution in [0.2, 0.25) is 0 Å². The first-order valence-corrected chi connectivity index (χ1v) is 16.5. The average Bonchev–Trinajstić information content (AvgIpc) is 3.81. The van der Waals surface area contributed by atoms with E-state index in [2.05, 4.69) is 70.4 Å². The molecule has 4 heterocycles. The van der Waals surface area contributed by atoms with E-state index in [1.165, 1.54) is 0 Å². The molecule has 2 amide bonds. The Morgan fingerprint density at radius 2 is 1.28 bits per heavy atom. The summed E-state index contributed by atoms with van der Waals surface area (Å²) in [5.41, 5.74) is 4.42. The van der Waals surface area contributed by atoms with Crippen molar-refractivity contribution in [3.05, 3.63) is 72.6 Å². The fraction of sp³-hybridized carbons (Fsp3) is 0.459. The first-order valence-electron chi connectivity index (χ1n) is 16.5. The first-order chi connectivity index (χ1) is 22.2. The van der Waals surface area contributed by atoms with Crippen molar-refractivity contribution in [3.8, 4) is 33.6 Å². The monoisotopic (exact) mass is 638 g/mol. The number of rotatable bonds is 5. The highest BCUT2D eigenvalue weighted by atomic mass is 16.6. The van der Waals surface area contributed by atoms with Crippen molar-refractivity contribution in [2.75, 3.05) is 13.1 Å². The van der Waals surface area contributed by atoms with Crippen molar-refractivity contribution in [1.29, 1.82) is 0 Å². The van der Waals surface area contributed by atoms with Gasteiger partial charge in [0, 0.05) is 13.1 Å². The summed E-state index contributed by atoms with van der Waals surface area (Å²) >= 11 is 0. The van der Waals surface area contributed by atoms with Gasteiger partial charge in [-0.3, -0.25) is 9.80 Å². The molecule has 4 aromatic rings. The van der Waals surface area contributed by atoms with Gasteiger partial charge in [-0.05, 0) is 96.4 Å². The molecule has 2 aromatic heterocycles. The van der Waals surface area contributed by atoms with E-state index in [-0.39, 0.29) is 18.2 Å². The molecule has 2 saturated heterocycles. The van der Waals surface area contributed by atoms with Gasteiger partial charge in [-0.15, -0.1) is 0 Å². The van der Waals surface area contributed by atoms with Crippen molar-refractivity contribution in [2.24, 2.45) is 0 Å². The Hall–Kier alpha value is -4.60. The highest BCUT2D eigenvalue weighted by Crippen LogP contribution is 2.39. The largest absolute Gasteiger partial charge is 0.444 e. The Morgan fingerprint density at radius 1 is 0.745 bits per heavy atom. The number of benzene rings is 2. The second-order valence-electron chi connectivity index (χ2n) is 14.8. The maximum atomic E-state index is 13.0. The minimum absolute atomic E-state index is 0.118. The molecule has 2 fully saturated rings. The molecule has 2 aromatic carbocycles. The lowest BCUT2D eigenvalue weighted by Gasteiger charge is -2.34. The number of hydrogen-bond acceptors (Lipinski definition) is 6. The fourth-order valence-corrected chi connectivity index (χ4v) is 6.49. The number of H-pyrrole nitrogens is 2. The van der Waals surface area contributed by atoms with Crippen LogP contribution in [0.4, 0.5) is 9.59 Å². The highest BCUT2D eigenvalue weighted by Gasteiger charge is 2.45. The number of nitrogens with zero attached hydrogens (tertiary/aromatic N) is 4. The summed E-state index contributed by atoms with van der Waals surface area (Å²) in [6.45, 7) is 14.7. The van der Waals surface area contributed by atoms with E-state index in [0.717, 1.165) is 71.0 Å². The Kier molecular flexibility index (Phi) is 8.40. The lowest BCUT2D eigenvalue weighted by molar-refractivity contribution is 0.00858. The Bertz CT molecular complexity index is 1730. The number of imidazole rings is 2. The van der Waals surface area contributed by atoms with Crippen molar-refractivity contribution in [2.45, 2.75) is 96.9 Å². The number of likely N-dealkylation sites (tertiary alicyclic amines) is 2. The molecule has 0 spiro atoms. The highest BCUT2D eigenvalue weighted by molar-refractivity contribution is 5.73. The molecule has 47 heavy (non-hydrogen) atoms. The van der Waals surface area contributed by atoms with Crippen molar-refractivity contribution >= 4 is 12.2 Å². The van der Waals surface area contributed by atoms with E-state index >= 15 is 0 Å². The predicted molar refractivity (Wildman–Crippen MR) is 181 cm³/mol. The SMILES string of the molecule is CC(C)(C)OC(=O)N1CCCC1c1ncc(-c2ccc(-c3ccc(-c4cnc([C@]5(C)CCCN5C(=O)OC(C)(C)C)[nH]4)cc3)cc2)[nH]1. The van der Waals surface area contributed by atoms with Gasteiger partial charge in [0.15, 0.2) is 0 Å². The Balaban J connectivity index is 1.13. The molecule has 0 radical (unpaired) electrons. The molecule has 248 valence electrons. The van der Waals surface area contributed by atoms with Gasteiger partial charge in [0.1, 0.15) is 28.4 Å². The van der Waals surface area contributed by atoms with E-state index in [4.69, 9.17) is 14.5 Å². The third-order valence-corrected chi connectivity index (χ3v) is 8.86. The molecule has 2 aliphatic heterocycles. The zero-order valence-corrected chi connectivity index (χ0v) is 28.5. The van der Waals surface area contributed by atoms with Crippen LogP contribution in [0.15, 0.2) is 60.9 Å². The van der Waals surface area contributed by atoms with Crippen LogP contribution in [0, 0.1) is 0 Å². The summed E-state index contributed by atoms with van der Waals surface area (Å²) in [7, 11) is 0. The minimum Gasteiger partial charge on any atom is -0.444 e. The van der Waals surface area contributed by atoms with Gasteiger partial charge in [0.2, 0.25) is 0 Å². The number of ether oxygens (including phenoxy) is 2. The second kappa shape index (κ2) is 12.2. The fourth-order valence-electron chi connectivity index (χ4n) is 6.49. The lowest BCUT2D eigenvalue weighted by atomic mass is 9.98. The molecule has 0 bridgehead atoms. The van der Waals surface area contributed by atoms with E-state index < -0.39 is 16.7 Å². The summed E-state index contributed by atoms with van der Waals surface area (Å²) in [6, 6.07) is 16.6. The molecule has 6 rings (SSSR count). The Labute approximate surface area is 276 Å². The van der Waals surface area contributed by atoms with Crippen LogP contribution >= 0.6 is 0 Å². The number of aromatic nitrogens is 4. The van der Waals surface area contributed by atoms with Gasteiger partial charge in [-0.25, -0.2) is 19.6 Å². The van der Waals surface area contributed by atoms with E-state index in [1.54, 1.807) is 9.80 Å². The lowest BCUT2D eigenvalue weighted by Crippen LogP contribution is -2.46. The maximum absolute atomic E-state index is 13.0. The normalized spacial score (nSPS) is 20.1. The summed E-state index contributed by atoms with van der Waals surface area (Å²) in [6.07, 6.45) is 6.56. The third-order valence-electron chi connectivity index (χ3n) is 8.86. The van der Waals surface area contributed by atoms with Gasteiger partial charge < -0.3 is 19.4 Å². The topological polar surface area (TPSA) is 116 Å². The van der Waals surface area contributed by atoms with Crippen LogP contribution in [0.5, 0.6) is 0 Å². The van der Waals surface area contributed by atoms with Gasteiger partial charge >= 0.3 is 12.2 Å². The molecule has 10 heteroatoms. The predicted octanol–water partition coefficient (Wildman–Crippen LogP) is 8.45. The molecule has 2 atom stereocenters. The number of aromatic amines is 2. The van der Waals surface area contributed by atoms with Crippen molar-refractivity contribution in [3.63, 3.8) is 0 Å². The van der Waals surface area contributed by atoms with Gasteiger partial charge in [-0.1, -0.05) is 48.5 Å². The second-order valence-corrected chi connectivity index (χ2v) is 14.8. The van der Waals surface area contributed by atoms with Crippen LogP contribution in [-0.4, -0.2) is 66.2 Å². The summed E-state index contributed by atoms with van der Waals surface area (Å²) < 4.78 is 11.3. The minimum atomic E-state index is -0.554. The third kappa shape index (κ3) is 6.92. The molecule has 10 nitrogen and oxygen atoms in total. The van der Waals surface area contributed by atoms with Crippen molar-refractivity contribution < 1.29 is 19.1 Å². The van der Waals surface area contributed by atoms with Gasteiger partial charge in [-0.2, -0.15) is 0 Å². The van der Waals surface area contributed by atoms with E-state index in [0.29, 0.717) is 13.1 Å². The van der Waals surface area contributed by atoms with Crippen LogP contribution in [0.1, 0.15) is 91.8 Å². The van der Waals surface area contributed by atoms with Crippen LogP contribution < -0.4 is 0 Å². The number of amides is 2. The number of nitrogens with one attached hydrogen (secondary N) is 2. The molecule has 0 aliphatic carbocycles. The summed E-state index contributed by atoms with van der Waals surface area (Å²) in [5, 5.41) is 0.